The van der Waals surface area contributed by atoms with E-state index < -0.39 is 15.7 Å². The fraction of sp³-hybridized carbons (Fsp3) is 0.300. The second kappa shape index (κ2) is 9.80. The van der Waals surface area contributed by atoms with Crippen LogP contribution in [0.2, 0.25) is 0 Å². The minimum absolute atomic E-state index is 0.0207. The van der Waals surface area contributed by atoms with Crippen LogP contribution in [0.15, 0.2) is 58.1 Å². The summed E-state index contributed by atoms with van der Waals surface area (Å²) in [6.45, 7) is -0.292. The van der Waals surface area contributed by atoms with Gasteiger partial charge < -0.3 is 16.0 Å². The van der Waals surface area contributed by atoms with Crippen LogP contribution in [0.5, 0.6) is 0 Å². The van der Waals surface area contributed by atoms with Crippen molar-refractivity contribution in [3.05, 3.63) is 48.2 Å². The number of nitrogens with one attached hydrogen (secondary N) is 3. The van der Waals surface area contributed by atoms with E-state index >= 15 is 0 Å². The van der Waals surface area contributed by atoms with E-state index in [9.17, 15) is 18.0 Å². The normalized spacial score (nSPS) is 19.5. The zero-order chi connectivity index (χ0) is 22.4. The molecule has 0 saturated carbocycles. The third-order valence-corrected chi connectivity index (χ3v) is 6.71. The van der Waals surface area contributed by atoms with Gasteiger partial charge in [0, 0.05) is 17.6 Å². The number of carbonyl (C=O) groups excluding carboxylic acids is 2. The predicted octanol–water partition coefficient (Wildman–Crippen LogP) is 0.984. The molecule has 1 aliphatic carbocycles. The molecule has 0 spiro atoms. The molecule has 3 rings (SSSR count). The van der Waals surface area contributed by atoms with Gasteiger partial charge in [0.25, 0.3) is 0 Å². The molecule has 9 nitrogen and oxygen atoms in total. The molecule has 0 aromatic heterocycles. The van der Waals surface area contributed by atoms with Crippen LogP contribution in [0.25, 0.3) is 0 Å². The smallest absolute Gasteiger partial charge is 0.240 e. The number of nitrogens with zero attached hydrogens (tertiary/aromatic N) is 2. The summed E-state index contributed by atoms with van der Waals surface area (Å²) >= 11 is 1.47. The van der Waals surface area contributed by atoms with Gasteiger partial charge in [0.2, 0.25) is 11.8 Å². The number of sulfone groups is 1. The van der Waals surface area contributed by atoms with Crippen LogP contribution in [-0.2, 0) is 19.4 Å². The van der Waals surface area contributed by atoms with Crippen molar-refractivity contribution in [2.24, 2.45) is 4.99 Å². The van der Waals surface area contributed by atoms with E-state index in [2.05, 4.69) is 20.9 Å². The molecular formula is C20H21N5O4S2. The minimum Gasteiger partial charge on any atom is -0.356 e. The highest BCUT2D eigenvalue weighted by atomic mass is 32.2. The van der Waals surface area contributed by atoms with Gasteiger partial charge in [0.05, 0.1) is 40.3 Å². The molecule has 0 fully saturated rings. The Bertz CT molecular complexity index is 1120. The average molecular weight is 460 g/mol. The van der Waals surface area contributed by atoms with Crippen LogP contribution < -0.4 is 16.0 Å². The number of anilines is 1. The second-order valence-electron chi connectivity index (χ2n) is 6.89. The Kier molecular flexibility index (Phi) is 7.14. The maximum absolute atomic E-state index is 12.1. The molecule has 0 bridgehead atoms. The summed E-state index contributed by atoms with van der Waals surface area (Å²) in [4.78, 5) is 28.3. The number of fused-ring (bicyclic) bond motifs is 1. The van der Waals surface area contributed by atoms with Crippen LogP contribution in [0.1, 0.15) is 6.42 Å². The first-order chi connectivity index (χ1) is 14.7. The summed E-state index contributed by atoms with van der Waals surface area (Å²) in [7, 11) is -3.29. The number of hydrogen-bond donors (Lipinski definition) is 3. The molecule has 1 aliphatic heterocycles. The lowest BCUT2D eigenvalue weighted by Gasteiger charge is -2.18. The Morgan fingerprint density at radius 3 is 2.81 bits per heavy atom. The number of allylic oxidation sites excluding steroid dienone is 1. The fourth-order valence-electron chi connectivity index (χ4n) is 2.94. The molecule has 1 aromatic rings. The highest BCUT2D eigenvalue weighted by Crippen LogP contribution is 2.34. The monoisotopic (exact) mass is 459 g/mol. The highest BCUT2D eigenvalue weighted by molar-refractivity contribution is 8.15. The number of nitriles is 1. The van der Waals surface area contributed by atoms with Gasteiger partial charge in [-0.3, -0.25) is 14.6 Å². The number of hydrogen-bond acceptors (Lipinski definition) is 8. The Morgan fingerprint density at radius 1 is 1.26 bits per heavy atom. The molecule has 3 N–H and O–H groups in total. The molecule has 2 atom stereocenters. The van der Waals surface area contributed by atoms with Gasteiger partial charge in [-0.15, -0.1) is 11.8 Å². The first-order valence-corrected chi connectivity index (χ1v) is 12.1. The molecule has 162 valence electrons. The molecule has 2 aliphatic rings. The third-order valence-electron chi connectivity index (χ3n) is 4.39. The van der Waals surface area contributed by atoms with Crippen LogP contribution in [0, 0.1) is 11.3 Å². The zero-order valence-corrected chi connectivity index (χ0v) is 18.3. The number of benzene rings is 1. The van der Waals surface area contributed by atoms with Crippen molar-refractivity contribution in [2.45, 2.75) is 22.6 Å². The van der Waals surface area contributed by atoms with Gasteiger partial charge in [-0.1, -0.05) is 12.1 Å². The van der Waals surface area contributed by atoms with E-state index in [-0.39, 0.29) is 41.6 Å². The van der Waals surface area contributed by atoms with Crippen molar-refractivity contribution in [1.29, 1.82) is 5.26 Å². The predicted molar refractivity (Wildman–Crippen MR) is 119 cm³/mol. The number of aliphatic imine (C=N–C) groups is 1. The van der Waals surface area contributed by atoms with Crippen LogP contribution >= 0.6 is 11.8 Å². The lowest BCUT2D eigenvalue weighted by atomic mass is 10.1. The first kappa shape index (κ1) is 22.6. The van der Waals surface area contributed by atoms with Gasteiger partial charge in [0.1, 0.15) is 6.54 Å². The summed E-state index contributed by atoms with van der Waals surface area (Å²) in [5.74, 6) is -0.744. The van der Waals surface area contributed by atoms with Gasteiger partial charge in [-0.05, 0) is 30.4 Å². The summed E-state index contributed by atoms with van der Waals surface area (Å²) < 4.78 is 23.5. The van der Waals surface area contributed by atoms with Crippen molar-refractivity contribution < 1.29 is 18.0 Å². The molecule has 0 radical (unpaired) electrons. The highest BCUT2D eigenvalue weighted by Gasteiger charge is 2.30. The zero-order valence-electron chi connectivity index (χ0n) is 16.7. The summed E-state index contributed by atoms with van der Waals surface area (Å²) in [5, 5.41) is 17.2. The molecule has 1 aromatic carbocycles. The SMILES string of the molecule is CS(=O)(=O)c1cccc(NC2=CC3SC(CC(=O)NCC(=O)NCC#N)=NC3C=C2)c1. The van der Waals surface area contributed by atoms with Crippen molar-refractivity contribution in [3.8, 4) is 6.07 Å². The maximum atomic E-state index is 12.1. The quantitative estimate of drug-likeness (QED) is 0.492. The van der Waals surface area contributed by atoms with Crippen molar-refractivity contribution in [3.63, 3.8) is 0 Å². The molecule has 1 heterocycles. The molecular weight excluding hydrogens is 438 g/mol. The van der Waals surface area contributed by atoms with Gasteiger partial charge in [0.15, 0.2) is 9.84 Å². The fourth-order valence-corrected chi connectivity index (χ4v) is 4.82. The lowest BCUT2D eigenvalue weighted by Crippen LogP contribution is -2.37. The molecule has 31 heavy (non-hydrogen) atoms. The molecule has 2 unspecified atom stereocenters. The van der Waals surface area contributed by atoms with Crippen molar-refractivity contribution in [2.75, 3.05) is 24.7 Å². The Morgan fingerprint density at radius 2 is 2.06 bits per heavy atom. The average Bonchev–Trinajstić information content (AvgIpc) is 3.11. The largest absolute Gasteiger partial charge is 0.356 e. The lowest BCUT2D eigenvalue weighted by molar-refractivity contribution is -0.125. The molecule has 11 heteroatoms. The van der Waals surface area contributed by atoms with Gasteiger partial charge in [-0.2, -0.15) is 5.26 Å². The third kappa shape index (κ3) is 6.44. The van der Waals surface area contributed by atoms with Crippen molar-refractivity contribution >= 4 is 44.1 Å². The topological polar surface area (TPSA) is 141 Å². The van der Waals surface area contributed by atoms with E-state index in [4.69, 9.17) is 5.26 Å². The van der Waals surface area contributed by atoms with Gasteiger partial charge >= 0.3 is 0 Å². The van der Waals surface area contributed by atoms with E-state index in [0.29, 0.717) is 10.7 Å². The summed E-state index contributed by atoms with van der Waals surface area (Å²) in [6.07, 6.45) is 7.04. The molecule has 0 saturated heterocycles. The Labute approximate surface area is 184 Å². The Balaban J connectivity index is 1.54. The number of carbonyl (C=O) groups is 2. The number of amides is 2. The number of thioether (sulfide) groups is 1. The summed E-state index contributed by atoms with van der Waals surface area (Å²) in [6, 6.07) is 8.30. The van der Waals surface area contributed by atoms with Crippen molar-refractivity contribution in [1.82, 2.24) is 10.6 Å². The number of rotatable bonds is 8. The maximum Gasteiger partial charge on any atom is 0.240 e. The molecule has 2 amide bonds. The summed E-state index contributed by atoms with van der Waals surface area (Å²) in [5.41, 5.74) is 1.48. The van der Waals surface area contributed by atoms with Crippen LogP contribution in [0.4, 0.5) is 5.69 Å². The van der Waals surface area contributed by atoms with Gasteiger partial charge in [-0.25, -0.2) is 8.42 Å². The standard InChI is InChI=1S/C20H21N5O4S2/c1-31(28,29)15-4-2-3-13(9-15)24-14-5-6-16-17(10-14)30-20(25-16)11-18(26)23-12-19(27)22-8-7-21/h2-6,9-10,16-17,24H,8,11-12H2,1H3,(H,22,27)(H,23,26). The first-order valence-electron chi connectivity index (χ1n) is 9.35. The minimum atomic E-state index is -3.29. The van der Waals surface area contributed by atoms with E-state index in [1.165, 1.54) is 18.0 Å². The van der Waals surface area contributed by atoms with Crippen LogP contribution in [-0.4, -0.2) is 55.9 Å². The van der Waals surface area contributed by atoms with E-state index in [1.54, 1.807) is 30.3 Å². The van der Waals surface area contributed by atoms with E-state index in [1.807, 2.05) is 18.2 Å². The van der Waals surface area contributed by atoms with Crippen LogP contribution in [0.3, 0.4) is 0 Å². The Hall–Kier alpha value is -3.10. The van der Waals surface area contributed by atoms with E-state index in [0.717, 1.165) is 5.70 Å². The second-order valence-corrected chi connectivity index (χ2v) is 10.2.